The van der Waals surface area contributed by atoms with Gasteiger partial charge in [0.25, 0.3) is 0 Å². The maximum atomic E-state index is 12.8. The van der Waals surface area contributed by atoms with Crippen LogP contribution >= 0.6 is 0 Å². The number of carbonyl (C=O) groups excluding carboxylic acids is 1. The van der Waals surface area contributed by atoms with Gasteiger partial charge in [0.1, 0.15) is 0 Å². The van der Waals surface area contributed by atoms with Crippen molar-refractivity contribution in [1.82, 2.24) is 10.2 Å². The summed E-state index contributed by atoms with van der Waals surface area (Å²) < 4.78 is 0. The molecule has 2 heterocycles. The molecule has 1 N–H and O–H groups in total. The Kier molecular flexibility index (Phi) is 5.29. The Bertz CT molecular complexity index is 850. The van der Waals surface area contributed by atoms with Crippen LogP contribution in [-0.2, 0) is 11.2 Å². The Morgan fingerprint density at radius 2 is 1.81 bits per heavy atom. The average molecular weight is 370 g/mol. The molecule has 0 radical (unpaired) electrons. The zero-order valence-corrected chi connectivity index (χ0v) is 16.3. The quantitative estimate of drug-likeness (QED) is 0.764. The summed E-state index contributed by atoms with van der Waals surface area (Å²) in [5.74, 6) is 0.138. The van der Waals surface area contributed by atoms with Crippen molar-refractivity contribution in [3.05, 3.63) is 53.6 Å². The Morgan fingerprint density at radius 3 is 2.58 bits per heavy atom. The molecule has 26 heavy (non-hydrogen) atoms. The first-order valence-corrected chi connectivity index (χ1v) is 9.33. The van der Waals surface area contributed by atoms with Crippen LogP contribution in [0.1, 0.15) is 44.2 Å². The van der Waals surface area contributed by atoms with E-state index in [9.17, 15) is 4.79 Å². The van der Waals surface area contributed by atoms with Crippen LogP contribution in [0.5, 0.6) is 0 Å². The smallest absolute Gasteiger partial charge is 0.248 e. The van der Waals surface area contributed by atoms with Gasteiger partial charge in [0.05, 0.1) is 0 Å². The van der Waals surface area contributed by atoms with E-state index >= 15 is 0 Å². The van der Waals surface area contributed by atoms with E-state index in [0.717, 1.165) is 38.0 Å². The molecule has 4 rings (SSSR count). The Hall–Kier alpha value is -2.00. The van der Waals surface area contributed by atoms with Crippen molar-refractivity contribution in [1.29, 1.82) is 0 Å². The van der Waals surface area contributed by atoms with Crippen molar-refractivity contribution in [2.24, 2.45) is 0 Å². The fourth-order valence-electron chi connectivity index (χ4n) is 4.14. The van der Waals surface area contributed by atoms with Gasteiger partial charge in [-0.25, -0.2) is 0 Å². The van der Waals surface area contributed by atoms with Gasteiger partial charge in [-0.2, -0.15) is 0 Å². The molecule has 2 aliphatic rings. The standard InChI is InChI=1S/C22H26N2O.ClH/c1-22(2)15-19-17-9-5-4-8-16(17)10-11-18(19)20(23-22)14-21(25)24-12-6-3-7-13-24;/h4-5,8-11,14,23H,3,6-7,12-13,15H2,1-2H3;1H/p-1/b20-14-;. The third-order valence-electron chi connectivity index (χ3n) is 5.36. The molecule has 4 heteroatoms. The molecule has 0 bridgehead atoms. The normalized spacial score (nSPS) is 20.2. The highest BCUT2D eigenvalue weighted by molar-refractivity contribution is 5.98. The lowest BCUT2D eigenvalue weighted by Gasteiger charge is -2.36. The van der Waals surface area contributed by atoms with Gasteiger partial charge in [-0.1, -0.05) is 36.4 Å². The van der Waals surface area contributed by atoms with E-state index in [1.54, 1.807) is 0 Å². The zero-order valence-electron chi connectivity index (χ0n) is 15.5. The molecule has 138 valence electrons. The van der Waals surface area contributed by atoms with Gasteiger partial charge in [-0.15, -0.1) is 0 Å². The van der Waals surface area contributed by atoms with Crippen LogP contribution < -0.4 is 17.7 Å². The Balaban J connectivity index is 0.00000196. The largest absolute Gasteiger partial charge is 1.00 e. The number of nitrogens with zero attached hydrogens (tertiary/aromatic N) is 1. The minimum Gasteiger partial charge on any atom is -1.00 e. The van der Waals surface area contributed by atoms with Crippen LogP contribution in [0.3, 0.4) is 0 Å². The molecular weight excluding hydrogens is 344 g/mol. The van der Waals surface area contributed by atoms with Gasteiger partial charge >= 0.3 is 0 Å². The number of hydrogen-bond acceptors (Lipinski definition) is 2. The highest BCUT2D eigenvalue weighted by Crippen LogP contribution is 2.34. The fourth-order valence-corrected chi connectivity index (χ4v) is 4.14. The van der Waals surface area contributed by atoms with Crippen LogP contribution in [-0.4, -0.2) is 29.4 Å². The van der Waals surface area contributed by atoms with Gasteiger partial charge < -0.3 is 22.6 Å². The monoisotopic (exact) mass is 369 g/mol. The lowest BCUT2D eigenvalue weighted by Crippen LogP contribution is -3.00. The first kappa shape index (κ1) is 18.8. The first-order chi connectivity index (χ1) is 12.0. The summed E-state index contributed by atoms with van der Waals surface area (Å²) in [6.45, 7) is 6.18. The highest BCUT2D eigenvalue weighted by atomic mass is 35.5. The Morgan fingerprint density at radius 1 is 1.08 bits per heavy atom. The molecule has 1 fully saturated rings. The van der Waals surface area contributed by atoms with Crippen molar-refractivity contribution >= 4 is 22.4 Å². The molecule has 0 unspecified atom stereocenters. The summed E-state index contributed by atoms with van der Waals surface area (Å²) in [5.41, 5.74) is 3.42. The summed E-state index contributed by atoms with van der Waals surface area (Å²) in [6.07, 6.45) is 6.25. The molecule has 1 saturated heterocycles. The van der Waals surface area contributed by atoms with E-state index in [-0.39, 0.29) is 23.9 Å². The van der Waals surface area contributed by atoms with E-state index in [1.165, 1.54) is 28.3 Å². The predicted molar refractivity (Wildman–Crippen MR) is 103 cm³/mol. The van der Waals surface area contributed by atoms with Gasteiger partial charge in [-0.05, 0) is 55.9 Å². The lowest BCUT2D eigenvalue weighted by molar-refractivity contribution is -0.126. The highest BCUT2D eigenvalue weighted by Gasteiger charge is 2.29. The minimum atomic E-state index is -0.0643. The van der Waals surface area contributed by atoms with Crippen LogP contribution in [0.25, 0.3) is 16.5 Å². The number of piperidine rings is 1. The summed E-state index contributed by atoms with van der Waals surface area (Å²) in [5, 5.41) is 6.16. The molecule has 0 spiro atoms. The summed E-state index contributed by atoms with van der Waals surface area (Å²) in [4.78, 5) is 14.7. The number of amides is 1. The molecule has 0 saturated carbocycles. The van der Waals surface area contributed by atoms with E-state index in [1.807, 2.05) is 11.0 Å². The van der Waals surface area contributed by atoms with E-state index in [2.05, 4.69) is 55.6 Å². The number of likely N-dealkylation sites (tertiary alicyclic amines) is 1. The first-order valence-electron chi connectivity index (χ1n) is 9.33. The topological polar surface area (TPSA) is 32.3 Å². The van der Waals surface area contributed by atoms with Crippen LogP contribution in [0.15, 0.2) is 42.5 Å². The summed E-state index contributed by atoms with van der Waals surface area (Å²) in [6, 6.07) is 12.9. The molecule has 2 aromatic carbocycles. The molecule has 0 aliphatic carbocycles. The second-order valence-electron chi connectivity index (χ2n) is 7.94. The molecule has 0 atom stereocenters. The van der Waals surface area contributed by atoms with Gasteiger partial charge in [0.15, 0.2) is 0 Å². The predicted octanol–water partition coefficient (Wildman–Crippen LogP) is 1.12. The van der Waals surface area contributed by atoms with Gasteiger partial charge in [-0.3, -0.25) is 4.79 Å². The van der Waals surface area contributed by atoms with E-state index in [4.69, 9.17) is 0 Å². The van der Waals surface area contributed by atoms with Crippen molar-refractivity contribution in [3.8, 4) is 0 Å². The SMILES string of the molecule is CC1(C)Cc2c(ccc3ccccc23)/C(=C/C(=O)N2CCCCC2)N1.[Cl-]. The minimum absolute atomic E-state index is 0. The number of nitrogens with one attached hydrogen (secondary N) is 1. The third kappa shape index (κ3) is 3.59. The Labute approximate surface area is 161 Å². The van der Waals surface area contributed by atoms with Crippen LogP contribution in [0, 0.1) is 0 Å². The van der Waals surface area contributed by atoms with Crippen molar-refractivity contribution in [2.45, 2.75) is 45.1 Å². The van der Waals surface area contributed by atoms with Crippen molar-refractivity contribution < 1.29 is 17.2 Å². The van der Waals surface area contributed by atoms with Gasteiger partial charge in [0, 0.05) is 36.0 Å². The average Bonchev–Trinajstić information content (AvgIpc) is 2.61. The van der Waals surface area contributed by atoms with E-state index in [0.29, 0.717) is 0 Å². The molecule has 1 amide bonds. The molecule has 2 aromatic rings. The summed E-state index contributed by atoms with van der Waals surface area (Å²) >= 11 is 0. The summed E-state index contributed by atoms with van der Waals surface area (Å²) in [7, 11) is 0. The molecule has 2 aliphatic heterocycles. The number of hydrogen-bond donors (Lipinski definition) is 1. The molecular formula is C22H26ClN2O-. The van der Waals surface area contributed by atoms with E-state index < -0.39 is 0 Å². The fraction of sp³-hybridized carbons (Fsp3) is 0.409. The number of benzene rings is 2. The maximum absolute atomic E-state index is 12.8. The van der Waals surface area contributed by atoms with Crippen molar-refractivity contribution in [3.63, 3.8) is 0 Å². The molecule has 0 aromatic heterocycles. The number of rotatable bonds is 1. The number of halogens is 1. The number of fused-ring (bicyclic) bond motifs is 3. The zero-order chi connectivity index (χ0) is 17.4. The van der Waals surface area contributed by atoms with Crippen LogP contribution in [0.4, 0.5) is 0 Å². The second kappa shape index (κ2) is 7.32. The lowest BCUT2D eigenvalue weighted by atomic mass is 9.83. The maximum Gasteiger partial charge on any atom is 0.248 e. The molecule has 3 nitrogen and oxygen atoms in total. The van der Waals surface area contributed by atoms with Crippen molar-refractivity contribution in [2.75, 3.05) is 13.1 Å². The second-order valence-corrected chi connectivity index (χ2v) is 7.94. The third-order valence-corrected chi connectivity index (χ3v) is 5.36. The van der Waals surface area contributed by atoms with Crippen LogP contribution in [0.2, 0.25) is 0 Å². The van der Waals surface area contributed by atoms with Gasteiger partial charge in [0.2, 0.25) is 5.91 Å². The number of carbonyl (C=O) groups is 1.